The molecule has 3 aromatic heterocycles. The number of carbonyl (C=O) groups is 1. The van der Waals surface area contributed by atoms with Gasteiger partial charge in [0.05, 0.1) is 28.0 Å². The summed E-state index contributed by atoms with van der Waals surface area (Å²) in [7, 11) is 0. The van der Waals surface area contributed by atoms with E-state index in [1.165, 1.54) is 29.2 Å². The Balaban J connectivity index is 1.42. The first-order valence-corrected chi connectivity index (χ1v) is 11.0. The van der Waals surface area contributed by atoms with Crippen molar-refractivity contribution in [2.75, 3.05) is 11.9 Å². The molecule has 12 heteroatoms. The van der Waals surface area contributed by atoms with Crippen LogP contribution in [0.25, 0.3) is 22.5 Å². The summed E-state index contributed by atoms with van der Waals surface area (Å²) in [4.78, 5) is 21.3. The molecule has 0 saturated heterocycles. The maximum atomic E-state index is 13.3. The third kappa shape index (κ3) is 4.66. The van der Waals surface area contributed by atoms with Crippen LogP contribution in [0.5, 0.6) is 5.75 Å². The largest absolute Gasteiger partial charge is 0.482 e. The Bertz CT molecular complexity index is 1550. The molecule has 5 rings (SSSR count). The lowest BCUT2D eigenvalue weighted by atomic mass is 10.3. The Morgan fingerprint density at radius 3 is 2.66 bits per heavy atom. The maximum absolute atomic E-state index is 13.3. The summed E-state index contributed by atoms with van der Waals surface area (Å²) in [6.45, 7) is 1.50. The minimum absolute atomic E-state index is 0.284. The molecule has 1 amide bonds. The topological polar surface area (TPSA) is 99.7 Å². The van der Waals surface area contributed by atoms with E-state index in [0.29, 0.717) is 49.8 Å². The van der Waals surface area contributed by atoms with Crippen molar-refractivity contribution in [3.8, 4) is 17.3 Å². The SMILES string of the molecule is Cc1cc(NC(=O)COc2ccc(Cl)cc2Cl)n(-c2ncnc3c2cnn3-c2ccc(F)cc2)n1. The molecule has 0 unspecified atom stereocenters. The molecule has 0 aliphatic heterocycles. The van der Waals surface area contributed by atoms with Crippen molar-refractivity contribution in [2.45, 2.75) is 6.92 Å². The molecule has 5 aromatic rings. The lowest BCUT2D eigenvalue weighted by Crippen LogP contribution is -2.22. The zero-order valence-corrected chi connectivity index (χ0v) is 19.6. The van der Waals surface area contributed by atoms with Gasteiger partial charge in [0.15, 0.2) is 18.1 Å². The molecule has 0 fully saturated rings. The van der Waals surface area contributed by atoms with Gasteiger partial charge in [0, 0.05) is 11.1 Å². The first-order valence-electron chi connectivity index (χ1n) is 10.3. The second kappa shape index (κ2) is 9.32. The number of hydrogen-bond acceptors (Lipinski definition) is 6. The van der Waals surface area contributed by atoms with Crippen LogP contribution in [-0.2, 0) is 4.79 Å². The minimum atomic E-state index is -0.426. The summed E-state index contributed by atoms with van der Waals surface area (Å²) < 4.78 is 21.9. The number of carbonyl (C=O) groups excluding carboxylic acids is 1. The second-order valence-electron chi connectivity index (χ2n) is 7.46. The van der Waals surface area contributed by atoms with Gasteiger partial charge in [-0.2, -0.15) is 14.9 Å². The molecule has 35 heavy (non-hydrogen) atoms. The lowest BCUT2D eigenvalue weighted by molar-refractivity contribution is -0.118. The molecule has 3 heterocycles. The molecular weight excluding hydrogens is 496 g/mol. The van der Waals surface area contributed by atoms with Crippen LogP contribution in [0.15, 0.2) is 61.1 Å². The fourth-order valence-electron chi connectivity index (χ4n) is 3.44. The van der Waals surface area contributed by atoms with Gasteiger partial charge in [-0.1, -0.05) is 23.2 Å². The summed E-state index contributed by atoms with van der Waals surface area (Å²) >= 11 is 12.0. The van der Waals surface area contributed by atoms with Gasteiger partial charge in [-0.3, -0.25) is 4.79 Å². The number of benzene rings is 2. The number of nitrogens with one attached hydrogen (secondary N) is 1. The summed E-state index contributed by atoms with van der Waals surface area (Å²) in [6.07, 6.45) is 2.95. The molecular formula is C23H16Cl2FN7O2. The molecule has 0 saturated carbocycles. The summed E-state index contributed by atoms with van der Waals surface area (Å²) in [6, 6.07) is 12.3. The van der Waals surface area contributed by atoms with Crippen LogP contribution in [0.4, 0.5) is 10.2 Å². The molecule has 0 atom stereocenters. The normalized spacial score (nSPS) is 11.1. The van der Waals surface area contributed by atoms with Gasteiger partial charge >= 0.3 is 0 Å². The molecule has 2 aromatic carbocycles. The second-order valence-corrected chi connectivity index (χ2v) is 8.31. The Kier molecular flexibility index (Phi) is 6.06. The van der Waals surface area contributed by atoms with Crippen molar-refractivity contribution in [3.63, 3.8) is 0 Å². The van der Waals surface area contributed by atoms with Crippen molar-refractivity contribution in [3.05, 3.63) is 82.6 Å². The monoisotopic (exact) mass is 511 g/mol. The van der Waals surface area contributed by atoms with Crippen LogP contribution in [0.2, 0.25) is 10.0 Å². The van der Waals surface area contributed by atoms with E-state index in [4.69, 9.17) is 27.9 Å². The fourth-order valence-corrected chi connectivity index (χ4v) is 3.90. The number of ether oxygens (including phenoxy) is 1. The van der Waals surface area contributed by atoms with Crippen LogP contribution in [0.3, 0.4) is 0 Å². The average Bonchev–Trinajstić information content (AvgIpc) is 3.42. The minimum Gasteiger partial charge on any atom is -0.482 e. The van der Waals surface area contributed by atoms with E-state index in [9.17, 15) is 9.18 Å². The molecule has 0 aliphatic rings. The Morgan fingerprint density at radius 1 is 1.09 bits per heavy atom. The van der Waals surface area contributed by atoms with Crippen molar-refractivity contribution < 1.29 is 13.9 Å². The average molecular weight is 512 g/mol. The maximum Gasteiger partial charge on any atom is 0.263 e. The molecule has 176 valence electrons. The molecule has 1 N–H and O–H groups in total. The Hall–Kier alpha value is -4.02. The van der Waals surface area contributed by atoms with Gasteiger partial charge in [0.1, 0.15) is 23.7 Å². The van der Waals surface area contributed by atoms with Crippen molar-refractivity contribution in [1.29, 1.82) is 0 Å². The zero-order valence-electron chi connectivity index (χ0n) is 18.1. The number of rotatable bonds is 6. The zero-order chi connectivity index (χ0) is 24.5. The Morgan fingerprint density at radius 2 is 1.89 bits per heavy atom. The predicted molar refractivity (Wildman–Crippen MR) is 129 cm³/mol. The van der Waals surface area contributed by atoms with Crippen molar-refractivity contribution in [1.82, 2.24) is 29.5 Å². The quantitative estimate of drug-likeness (QED) is 0.352. The molecule has 0 bridgehead atoms. The number of fused-ring (bicyclic) bond motifs is 1. The Labute approximate surface area is 208 Å². The highest BCUT2D eigenvalue weighted by Gasteiger charge is 2.18. The van der Waals surface area contributed by atoms with Gasteiger partial charge in [0.2, 0.25) is 0 Å². The van der Waals surface area contributed by atoms with Crippen LogP contribution < -0.4 is 10.1 Å². The van der Waals surface area contributed by atoms with E-state index >= 15 is 0 Å². The van der Waals surface area contributed by atoms with Crippen LogP contribution >= 0.6 is 23.2 Å². The summed E-state index contributed by atoms with van der Waals surface area (Å²) in [5.74, 6) is 0.350. The van der Waals surface area contributed by atoms with Gasteiger partial charge < -0.3 is 10.1 Å². The van der Waals surface area contributed by atoms with Crippen molar-refractivity contribution >= 4 is 46.0 Å². The van der Waals surface area contributed by atoms with Gasteiger partial charge in [0.25, 0.3) is 5.91 Å². The smallest absolute Gasteiger partial charge is 0.263 e. The molecule has 0 aliphatic carbocycles. The van der Waals surface area contributed by atoms with Crippen LogP contribution in [0.1, 0.15) is 5.69 Å². The van der Waals surface area contributed by atoms with Crippen molar-refractivity contribution in [2.24, 2.45) is 0 Å². The van der Waals surface area contributed by atoms with E-state index in [1.807, 2.05) is 0 Å². The fraction of sp³-hybridized carbons (Fsp3) is 0.0870. The highest BCUT2D eigenvalue weighted by molar-refractivity contribution is 6.35. The number of nitrogens with zero attached hydrogens (tertiary/aromatic N) is 6. The number of anilines is 1. The van der Waals surface area contributed by atoms with E-state index in [2.05, 4.69) is 25.5 Å². The first-order chi connectivity index (χ1) is 16.9. The number of halogens is 3. The first kappa shape index (κ1) is 22.8. The van der Waals surface area contributed by atoms with E-state index in [-0.39, 0.29) is 12.4 Å². The van der Waals surface area contributed by atoms with E-state index in [1.54, 1.807) is 48.1 Å². The summed E-state index contributed by atoms with van der Waals surface area (Å²) in [5, 5.41) is 13.0. The van der Waals surface area contributed by atoms with E-state index in [0.717, 1.165) is 0 Å². The third-order valence-electron chi connectivity index (χ3n) is 4.97. The standard InChI is InChI=1S/C23H16Cl2FN7O2/c1-13-8-20(30-21(34)11-35-19-7-2-14(24)9-18(19)25)33(31-13)23-17-10-29-32(22(17)27-12-28-23)16-5-3-15(26)4-6-16/h2-10,12H,11H2,1H3,(H,30,34). The molecule has 0 spiro atoms. The van der Waals surface area contributed by atoms with Crippen LogP contribution in [0, 0.1) is 12.7 Å². The van der Waals surface area contributed by atoms with Gasteiger partial charge in [-0.05, 0) is 49.4 Å². The molecule has 9 nitrogen and oxygen atoms in total. The predicted octanol–water partition coefficient (Wildman–Crippen LogP) is 4.77. The highest BCUT2D eigenvalue weighted by Crippen LogP contribution is 2.28. The van der Waals surface area contributed by atoms with E-state index < -0.39 is 5.91 Å². The number of aryl methyl sites for hydroxylation is 1. The molecule has 0 radical (unpaired) electrons. The van der Waals surface area contributed by atoms with Crippen LogP contribution in [-0.4, -0.2) is 42.0 Å². The van der Waals surface area contributed by atoms with Gasteiger partial charge in [-0.25, -0.2) is 19.0 Å². The summed E-state index contributed by atoms with van der Waals surface area (Å²) in [5.41, 5.74) is 1.78. The number of hydrogen-bond donors (Lipinski definition) is 1. The lowest BCUT2D eigenvalue weighted by Gasteiger charge is -2.11. The highest BCUT2D eigenvalue weighted by atomic mass is 35.5. The number of amides is 1. The van der Waals surface area contributed by atoms with Gasteiger partial charge in [-0.15, -0.1) is 0 Å². The number of aromatic nitrogens is 6. The third-order valence-corrected chi connectivity index (χ3v) is 5.50.